The van der Waals surface area contributed by atoms with Crippen LogP contribution in [-0.4, -0.2) is 19.7 Å². The Morgan fingerprint density at radius 1 is 1.35 bits per heavy atom. The topological polar surface area (TPSA) is 21.3 Å². The molecule has 2 heteroatoms. The molecule has 0 radical (unpaired) electrons. The maximum absolute atomic E-state index is 5.76. The van der Waals surface area contributed by atoms with Crippen molar-refractivity contribution in [2.75, 3.05) is 19.7 Å². The molecule has 0 aliphatic carbocycles. The predicted octanol–water partition coefficient (Wildman–Crippen LogP) is 3.11. The van der Waals surface area contributed by atoms with Gasteiger partial charge in [0, 0.05) is 6.42 Å². The second-order valence-electron chi connectivity index (χ2n) is 4.87. The van der Waals surface area contributed by atoms with E-state index in [9.17, 15) is 0 Å². The Morgan fingerprint density at radius 3 is 3.06 bits per heavy atom. The number of benzene rings is 1. The fourth-order valence-corrected chi connectivity index (χ4v) is 2.40. The zero-order valence-corrected chi connectivity index (χ0v) is 11.0. The lowest BCUT2D eigenvalue weighted by atomic mass is 9.95. The van der Waals surface area contributed by atoms with Gasteiger partial charge in [-0.1, -0.05) is 32.0 Å². The molecule has 0 spiro atoms. The summed E-state index contributed by atoms with van der Waals surface area (Å²) >= 11 is 0. The van der Waals surface area contributed by atoms with E-state index in [1.54, 1.807) is 0 Å². The molecule has 1 unspecified atom stereocenters. The Balaban J connectivity index is 1.95. The maximum Gasteiger partial charge on any atom is 0.126 e. The van der Waals surface area contributed by atoms with Crippen molar-refractivity contribution in [2.24, 2.45) is 0 Å². The highest BCUT2D eigenvalue weighted by Gasteiger charge is 2.18. The second-order valence-corrected chi connectivity index (χ2v) is 4.87. The SMILES string of the molecule is CCCNCCC(C)c1cccc2c1OCC2. The third-order valence-corrected chi connectivity index (χ3v) is 3.46. The van der Waals surface area contributed by atoms with Crippen molar-refractivity contribution in [1.29, 1.82) is 0 Å². The highest BCUT2D eigenvalue weighted by Crippen LogP contribution is 2.35. The summed E-state index contributed by atoms with van der Waals surface area (Å²) in [6, 6.07) is 6.57. The first-order chi connectivity index (χ1) is 8.33. The molecule has 94 valence electrons. The standard InChI is InChI=1S/C15H23NO/c1-3-9-16-10-7-12(2)14-6-4-5-13-8-11-17-15(13)14/h4-6,12,16H,3,7-11H2,1-2H3. The summed E-state index contributed by atoms with van der Waals surface area (Å²) in [4.78, 5) is 0. The lowest BCUT2D eigenvalue weighted by Gasteiger charge is -2.15. The average Bonchev–Trinajstić information content (AvgIpc) is 2.82. The summed E-state index contributed by atoms with van der Waals surface area (Å²) in [5.41, 5.74) is 2.77. The van der Waals surface area contributed by atoms with Crippen LogP contribution in [0.25, 0.3) is 0 Å². The maximum atomic E-state index is 5.76. The quantitative estimate of drug-likeness (QED) is 0.762. The van der Waals surface area contributed by atoms with Gasteiger partial charge in [-0.2, -0.15) is 0 Å². The molecule has 0 amide bonds. The lowest BCUT2D eigenvalue weighted by Crippen LogP contribution is -2.17. The van der Waals surface area contributed by atoms with E-state index in [1.165, 1.54) is 24.0 Å². The Hall–Kier alpha value is -1.02. The van der Waals surface area contributed by atoms with Crippen molar-refractivity contribution in [3.63, 3.8) is 0 Å². The molecule has 0 saturated carbocycles. The van der Waals surface area contributed by atoms with E-state index in [0.717, 1.165) is 31.9 Å². The highest BCUT2D eigenvalue weighted by atomic mass is 16.5. The van der Waals surface area contributed by atoms with Crippen molar-refractivity contribution >= 4 is 0 Å². The van der Waals surface area contributed by atoms with E-state index in [-0.39, 0.29) is 0 Å². The molecule has 2 nitrogen and oxygen atoms in total. The highest BCUT2D eigenvalue weighted by molar-refractivity contribution is 5.45. The Morgan fingerprint density at radius 2 is 2.24 bits per heavy atom. The van der Waals surface area contributed by atoms with Gasteiger partial charge in [0.15, 0.2) is 0 Å². The van der Waals surface area contributed by atoms with Crippen molar-refractivity contribution in [2.45, 2.75) is 39.0 Å². The van der Waals surface area contributed by atoms with E-state index in [1.807, 2.05) is 0 Å². The molecule has 1 atom stereocenters. The molecule has 2 rings (SSSR count). The number of ether oxygens (including phenoxy) is 1. The number of para-hydroxylation sites is 1. The van der Waals surface area contributed by atoms with Crippen molar-refractivity contribution in [1.82, 2.24) is 5.32 Å². The van der Waals surface area contributed by atoms with Gasteiger partial charge >= 0.3 is 0 Å². The molecule has 1 aromatic rings. The number of hydrogen-bond acceptors (Lipinski definition) is 2. The predicted molar refractivity (Wildman–Crippen MR) is 71.8 cm³/mol. The zero-order chi connectivity index (χ0) is 12.1. The molecule has 17 heavy (non-hydrogen) atoms. The first-order valence-electron chi connectivity index (χ1n) is 6.78. The average molecular weight is 233 g/mol. The molecule has 1 aliphatic heterocycles. The number of hydrogen-bond donors (Lipinski definition) is 1. The van der Waals surface area contributed by atoms with E-state index in [2.05, 4.69) is 37.4 Å². The monoisotopic (exact) mass is 233 g/mol. The van der Waals surface area contributed by atoms with Gasteiger partial charge in [-0.3, -0.25) is 0 Å². The Labute approximate surface area is 104 Å². The van der Waals surface area contributed by atoms with Crippen LogP contribution in [0.3, 0.4) is 0 Å². The van der Waals surface area contributed by atoms with Crippen LogP contribution in [0, 0.1) is 0 Å². The fraction of sp³-hybridized carbons (Fsp3) is 0.600. The second kappa shape index (κ2) is 6.06. The minimum Gasteiger partial charge on any atom is -0.493 e. The third-order valence-electron chi connectivity index (χ3n) is 3.46. The Kier molecular flexibility index (Phi) is 4.43. The van der Waals surface area contributed by atoms with Crippen LogP contribution in [0.4, 0.5) is 0 Å². The third kappa shape index (κ3) is 3.01. The summed E-state index contributed by atoms with van der Waals surface area (Å²) in [5.74, 6) is 1.74. The minimum absolute atomic E-state index is 0.576. The van der Waals surface area contributed by atoms with Crippen molar-refractivity contribution in [3.05, 3.63) is 29.3 Å². The van der Waals surface area contributed by atoms with Crippen LogP contribution in [0.15, 0.2) is 18.2 Å². The smallest absolute Gasteiger partial charge is 0.126 e. The van der Waals surface area contributed by atoms with Crippen LogP contribution < -0.4 is 10.1 Å². The summed E-state index contributed by atoms with van der Waals surface area (Å²) < 4.78 is 5.76. The van der Waals surface area contributed by atoms with E-state index in [4.69, 9.17) is 4.74 Å². The van der Waals surface area contributed by atoms with Crippen molar-refractivity contribution < 1.29 is 4.74 Å². The van der Waals surface area contributed by atoms with Crippen LogP contribution in [0.5, 0.6) is 5.75 Å². The lowest BCUT2D eigenvalue weighted by molar-refractivity contribution is 0.351. The minimum atomic E-state index is 0.576. The van der Waals surface area contributed by atoms with Gasteiger partial charge in [-0.15, -0.1) is 0 Å². The molecule has 0 aromatic heterocycles. The molecule has 1 N–H and O–H groups in total. The van der Waals surface area contributed by atoms with Gasteiger partial charge in [-0.05, 0) is 43.0 Å². The van der Waals surface area contributed by atoms with E-state index < -0.39 is 0 Å². The van der Waals surface area contributed by atoms with Gasteiger partial charge < -0.3 is 10.1 Å². The van der Waals surface area contributed by atoms with Crippen LogP contribution in [-0.2, 0) is 6.42 Å². The number of fused-ring (bicyclic) bond motifs is 1. The molecule has 1 aliphatic rings. The number of nitrogens with one attached hydrogen (secondary N) is 1. The molecule has 0 bridgehead atoms. The van der Waals surface area contributed by atoms with Crippen LogP contribution in [0.1, 0.15) is 43.7 Å². The molecule has 1 heterocycles. The summed E-state index contributed by atoms with van der Waals surface area (Å²) in [6.45, 7) is 7.57. The van der Waals surface area contributed by atoms with Crippen molar-refractivity contribution in [3.8, 4) is 5.75 Å². The molecule has 1 aromatic carbocycles. The first-order valence-corrected chi connectivity index (χ1v) is 6.78. The first kappa shape index (κ1) is 12.4. The van der Waals surface area contributed by atoms with E-state index in [0.29, 0.717) is 5.92 Å². The van der Waals surface area contributed by atoms with Gasteiger partial charge in [0.25, 0.3) is 0 Å². The Bertz CT molecular complexity index is 362. The molecular formula is C15H23NO. The zero-order valence-electron chi connectivity index (χ0n) is 11.0. The van der Waals surface area contributed by atoms with Gasteiger partial charge in [0.1, 0.15) is 5.75 Å². The van der Waals surface area contributed by atoms with Crippen LogP contribution >= 0.6 is 0 Å². The molecule has 0 saturated heterocycles. The van der Waals surface area contributed by atoms with Gasteiger partial charge in [0.2, 0.25) is 0 Å². The molecular weight excluding hydrogens is 210 g/mol. The number of rotatable bonds is 6. The van der Waals surface area contributed by atoms with Gasteiger partial charge in [0.05, 0.1) is 6.61 Å². The van der Waals surface area contributed by atoms with E-state index >= 15 is 0 Å². The summed E-state index contributed by atoms with van der Waals surface area (Å²) in [7, 11) is 0. The summed E-state index contributed by atoms with van der Waals surface area (Å²) in [6.07, 6.45) is 3.46. The molecule has 0 fully saturated rings. The fourth-order valence-electron chi connectivity index (χ4n) is 2.40. The van der Waals surface area contributed by atoms with Crippen LogP contribution in [0.2, 0.25) is 0 Å². The summed E-state index contributed by atoms with van der Waals surface area (Å²) in [5, 5.41) is 3.46. The normalized spacial score (nSPS) is 15.4. The largest absolute Gasteiger partial charge is 0.493 e. The van der Waals surface area contributed by atoms with Gasteiger partial charge in [-0.25, -0.2) is 0 Å².